The van der Waals surface area contributed by atoms with Gasteiger partial charge < -0.3 is 15.5 Å². The normalized spacial score (nSPS) is 11.8. The van der Waals surface area contributed by atoms with Crippen LogP contribution < -0.4 is 10.6 Å². The van der Waals surface area contributed by atoms with Crippen molar-refractivity contribution in [3.8, 4) is 0 Å². The van der Waals surface area contributed by atoms with Gasteiger partial charge in [0, 0.05) is 6.54 Å². The molecule has 0 aliphatic carbocycles. The fourth-order valence-electron chi connectivity index (χ4n) is 0.551. The first-order valence-electron chi connectivity index (χ1n) is 4.42. The standard InChI is InChI=1S/2C4H11NO/c1-3-5-4(2)6;1-2-5-3-4-6/h4-6H,3H2,1-2H3;5-6H,2-4H2,1H3. The minimum Gasteiger partial charge on any atom is -0.395 e. The van der Waals surface area contributed by atoms with Crippen LogP contribution in [0.2, 0.25) is 0 Å². The maximum atomic E-state index is 8.44. The Morgan fingerprint density at radius 1 is 1.25 bits per heavy atom. The molecule has 0 spiro atoms. The molecule has 0 aromatic heterocycles. The summed E-state index contributed by atoms with van der Waals surface area (Å²) < 4.78 is 0. The van der Waals surface area contributed by atoms with Crippen molar-refractivity contribution in [3.05, 3.63) is 0 Å². The molecule has 4 nitrogen and oxygen atoms in total. The van der Waals surface area contributed by atoms with E-state index in [1.54, 1.807) is 6.92 Å². The van der Waals surface area contributed by atoms with Crippen LogP contribution in [0.3, 0.4) is 0 Å². The summed E-state index contributed by atoms with van der Waals surface area (Å²) in [7, 11) is 0. The minimum absolute atomic E-state index is 0.244. The van der Waals surface area contributed by atoms with Crippen LogP contribution in [-0.4, -0.2) is 42.7 Å². The van der Waals surface area contributed by atoms with Crippen LogP contribution >= 0.6 is 0 Å². The summed E-state index contributed by atoms with van der Waals surface area (Å²) in [5.41, 5.74) is 0. The van der Waals surface area contributed by atoms with Crippen molar-refractivity contribution < 1.29 is 10.2 Å². The van der Waals surface area contributed by atoms with Gasteiger partial charge >= 0.3 is 0 Å². The molecular formula is C8H22N2O2. The lowest BCUT2D eigenvalue weighted by atomic mass is 10.6. The van der Waals surface area contributed by atoms with E-state index >= 15 is 0 Å². The Hall–Kier alpha value is -0.160. The molecule has 0 aliphatic heterocycles. The largest absolute Gasteiger partial charge is 0.395 e. The van der Waals surface area contributed by atoms with Gasteiger partial charge in [-0.15, -0.1) is 0 Å². The van der Waals surface area contributed by atoms with Gasteiger partial charge in [-0.2, -0.15) is 0 Å². The number of hydrogen-bond donors (Lipinski definition) is 4. The van der Waals surface area contributed by atoms with Crippen molar-refractivity contribution in [2.24, 2.45) is 0 Å². The highest BCUT2D eigenvalue weighted by Crippen LogP contribution is 1.65. The molecule has 1 unspecified atom stereocenters. The third-order valence-corrected chi connectivity index (χ3v) is 1.04. The lowest BCUT2D eigenvalue weighted by Gasteiger charge is -2.00. The van der Waals surface area contributed by atoms with E-state index in [0.29, 0.717) is 0 Å². The molecule has 0 fully saturated rings. The predicted molar refractivity (Wildman–Crippen MR) is 51.0 cm³/mol. The second kappa shape index (κ2) is 13.4. The van der Waals surface area contributed by atoms with E-state index in [9.17, 15) is 0 Å². The lowest BCUT2D eigenvalue weighted by Crippen LogP contribution is -2.24. The number of aliphatic hydroxyl groups excluding tert-OH is 2. The molecule has 0 bridgehead atoms. The zero-order chi connectivity index (χ0) is 9.82. The zero-order valence-electron chi connectivity index (χ0n) is 8.30. The predicted octanol–water partition coefficient (Wildman–Crippen LogP) is -0.478. The Balaban J connectivity index is 0. The van der Waals surface area contributed by atoms with Crippen molar-refractivity contribution in [3.63, 3.8) is 0 Å². The van der Waals surface area contributed by atoms with E-state index in [4.69, 9.17) is 10.2 Å². The van der Waals surface area contributed by atoms with E-state index in [2.05, 4.69) is 10.6 Å². The number of nitrogens with one attached hydrogen (secondary N) is 2. The number of hydrogen-bond acceptors (Lipinski definition) is 4. The Bertz CT molecular complexity index is 66.1. The molecule has 0 heterocycles. The van der Waals surface area contributed by atoms with Crippen molar-refractivity contribution >= 4 is 0 Å². The molecule has 0 amide bonds. The summed E-state index contributed by atoms with van der Waals surface area (Å²) in [4.78, 5) is 0. The van der Waals surface area contributed by atoms with Crippen LogP contribution in [0.5, 0.6) is 0 Å². The van der Waals surface area contributed by atoms with Crippen LogP contribution in [0, 0.1) is 0 Å². The van der Waals surface area contributed by atoms with Crippen LogP contribution in [-0.2, 0) is 0 Å². The van der Waals surface area contributed by atoms with Crippen LogP contribution in [0.1, 0.15) is 20.8 Å². The third kappa shape index (κ3) is 22.5. The molecule has 0 aliphatic rings. The quantitative estimate of drug-likeness (QED) is 0.339. The summed E-state index contributed by atoms with van der Waals surface area (Å²) in [6.07, 6.45) is -0.352. The molecule has 0 rings (SSSR count). The summed E-state index contributed by atoms with van der Waals surface area (Å²) in [5, 5.41) is 22.3. The van der Waals surface area contributed by atoms with E-state index in [1.807, 2.05) is 13.8 Å². The van der Waals surface area contributed by atoms with Crippen molar-refractivity contribution in [2.45, 2.75) is 27.0 Å². The first kappa shape index (κ1) is 14.4. The second-order valence-electron chi connectivity index (χ2n) is 2.31. The first-order valence-corrected chi connectivity index (χ1v) is 4.42. The van der Waals surface area contributed by atoms with Gasteiger partial charge in [-0.25, -0.2) is 0 Å². The highest BCUT2D eigenvalue weighted by Gasteiger charge is 1.83. The highest BCUT2D eigenvalue weighted by molar-refractivity contribution is 4.36. The third-order valence-electron chi connectivity index (χ3n) is 1.04. The molecule has 12 heavy (non-hydrogen) atoms. The van der Waals surface area contributed by atoms with Crippen molar-refractivity contribution in [1.29, 1.82) is 0 Å². The number of likely N-dealkylation sites (N-methyl/N-ethyl adjacent to an activating group) is 1. The molecule has 0 radical (unpaired) electrons. The molecule has 0 aromatic carbocycles. The molecular weight excluding hydrogens is 156 g/mol. The van der Waals surface area contributed by atoms with Crippen molar-refractivity contribution in [1.82, 2.24) is 10.6 Å². The van der Waals surface area contributed by atoms with E-state index < -0.39 is 0 Å². The number of rotatable bonds is 5. The maximum absolute atomic E-state index is 8.44. The monoisotopic (exact) mass is 178 g/mol. The minimum atomic E-state index is -0.352. The Morgan fingerprint density at radius 2 is 1.83 bits per heavy atom. The molecule has 4 heteroatoms. The first-order chi connectivity index (χ1) is 5.68. The summed E-state index contributed by atoms with van der Waals surface area (Å²) >= 11 is 0. The van der Waals surface area contributed by atoms with Gasteiger partial charge in [0.15, 0.2) is 0 Å². The lowest BCUT2D eigenvalue weighted by molar-refractivity contribution is 0.159. The van der Waals surface area contributed by atoms with E-state index in [0.717, 1.165) is 19.6 Å². The van der Waals surface area contributed by atoms with Gasteiger partial charge in [-0.05, 0) is 20.0 Å². The highest BCUT2D eigenvalue weighted by atomic mass is 16.3. The van der Waals surface area contributed by atoms with Gasteiger partial charge in [0.05, 0.1) is 6.61 Å². The molecule has 4 N–H and O–H groups in total. The van der Waals surface area contributed by atoms with Crippen LogP contribution in [0.4, 0.5) is 0 Å². The van der Waals surface area contributed by atoms with Crippen molar-refractivity contribution in [2.75, 3.05) is 26.2 Å². The summed E-state index contributed by atoms with van der Waals surface area (Å²) in [6, 6.07) is 0. The van der Waals surface area contributed by atoms with Crippen LogP contribution in [0.15, 0.2) is 0 Å². The Labute approximate surface area is 75.0 Å². The van der Waals surface area contributed by atoms with E-state index in [1.165, 1.54) is 0 Å². The Kier molecular flexibility index (Phi) is 16.1. The molecule has 0 saturated carbocycles. The second-order valence-corrected chi connectivity index (χ2v) is 2.31. The Morgan fingerprint density at radius 3 is 1.92 bits per heavy atom. The number of aliphatic hydroxyl groups is 2. The van der Waals surface area contributed by atoms with Gasteiger partial charge in [0.2, 0.25) is 0 Å². The average Bonchev–Trinajstić information content (AvgIpc) is 2.02. The molecule has 1 atom stereocenters. The zero-order valence-corrected chi connectivity index (χ0v) is 8.30. The maximum Gasteiger partial charge on any atom is 0.102 e. The van der Waals surface area contributed by atoms with E-state index in [-0.39, 0.29) is 12.8 Å². The van der Waals surface area contributed by atoms with Gasteiger partial charge in [-0.1, -0.05) is 13.8 Å². The van der Waals surface area contributed by atoms with Gasteiger partial charge in [0.1, 0.15) is 6.23 Å². The fourth-order valence-corrected chi connectivity index (χ4v) is 0.551. The van der Waals surface area contributed by atoms with Crippen LogP contribution in [0.25, 0.3) is 0 Å². The summed E-state index contributed by atoms with van der Waals surface area (Å²) in [5.74, 6) is 0. The SMILES string of the molecule is CCNC(C)O.CCNCCO. The smallest absolute Gasteiger partial charge is 0.102 e. The topological polar surface area (TPSA) is 64.5 Å². The summed E-state index contributed by atoms with van der Waals surface area (Å²) in [6.45, 7) is 8.40. The fraction of sp³-hybridized carbons (Fsp3) is 1.00. The molecule has 76 valence electrons. The molecule has 0 aromatic rings. The average molecular weight is 178 g/mol. The van der Waals surface area contributed by atoms with Gasteiger partial charge in [-0.3, -0.25) is 5.32 Å². The van der Waals surface area contributed by atoms with Gasteiger partial charge in [0.25, 0.3) is 0 Å². The molecule has 0 saturated heterocycles.